The molecule has 0 bridgehead atoms. The molecule has 1 N–H and O–H groups in total. The van der Waals surface area contributed by atoms with Crippen LogP contribution in [0, 0.1) is 0 Å². The number of carbonyl (C=O) groups excluding carboxylic acids is 1. The molecule has 0 unspecified atom stereocenters. The molecule has 1 rings (SSSR count). The summed E-state index contributed by atoms with van der Waals surface area (Å²) in [6.45, 7) is 3.49. The highest BCUT2D eigenvalue weighted by molar-refractivity contribution is 5.79. The minimum Gasteiger partial charge on any atom is -0.508 e. The van der Waals surface area contributed by atoms with Crippen LogP contribution in [0.4, 0.5) is 0 Å². The number of aromatic hydroxyl groups is 1. The van der Waals surface area contributed by atoms with Crippen LogP contribution in [0.25, 0.3) is 0 Å². The molecule has 0 spiro atoms. The number of rotatable bonds is 4. The van der Waals surface area contributed by atoms with Gasteiger partial charge in [0.15, 0.2) is 0 Å². The predicted molar refractivity (Wildman–Crippen MR) is 59.4 cm³/mol. The molecule has 1 aromatic carbocycles. The summed E-state index contributed by atoms with van der Waals surface area (Å²) in [6, 6.07) is 6.32. The van der Waals surface area contributed by atoms with Crippen LogP contribution in [0.3, 0.4) is 0 Å². The molecule has 4 heteroatoms. The average molecular weight is 224 g/mol. The maximum atomic E-state index is 11.5. The lowest BCUT2D eigenvalue weighted by molar-refractivity contribution is -0.157. The molecule has 0 aliphatic heterocycles. The van der Waals surface area contributed by atoms with Crippen molar-refractivity contribution in [1.29, 1.82) is 0 Å². The average Bonchev–Trinajstić information content (AvgIpc) is 2.27. The molecular formula is C12H16O4. The Labute approximate surface area is 94.8 Å². The molecule has 0 heterocycles. The molecule has 1 aromatic rings. The molecule has 16 heavy (non-hydrogen) atoms. The van der Waals surface area contributed by atoms with Gasteiger partial charge >= 0.3 is 5.97 Å². The lowest BCUT2D eigenvalue weighted by Crippen LogP contribution is -2.41. The fraction of sp³-hybridized carbons (Fsp3) is 0.417. The summed E-state index contributed by atoms with van der Waals surface area (Å²) < 4.78 is 10.2. The van der Waals surface area contributed by atoms with E-state index in [2.05, 4.69) is 4.74 Å². The first-order valence-corrected chi connectivity index (χ1v) is 5.08. The third-order valence-corrected chi connectivity index (χ3v) is 2.45. The topological polar surface area (TPSA) is 55.8 Å². The third-order valence-electron chi connectivity index (χ3n) is 2.45. The van der Waals surface area contributed by atoms with Gasteiger partial charge in [0.05, 0.1) is 7.11 Å². The maximum Gasteiger partial charge on any atom is 0.349 e. The molecule has 88 valence electrons. The second kappa shape index (κ2) is 4.88. The molecule has 0 aliphatic rings. The molecule has 0 radical (unpaired) electrons. The van der Waals surface area contributed by atoms with E-state index >= 15 is 0 Å². The minimum absolute atomic E-state index is 0.0980. The Hall–Kier alpha value is -1.71. The number of hydrogen-bond donors (Lipinski definition) is 1. The van der Waals surface area contributed by atoms with Crippen molar-refractivity contribution < 1.29 is 19.4 Å². The maximum absolute atomic E-state index is 11.5. The van der Waals surface area contributed by atoms with Crippen molar-refractivity contribution >= 4 is 5.97 Å². The van der Waals surface area contributed by atoms with Crippen LogP contribution in [0.5, 0.6) is 11.5 Å². The van der Waals surface area contributed by atoms with Crippen molar-refractivity contribution in [3.8, 4) is 11.5 Å². The highest BCUT2D eigenvalue weighted by Crippen LogP contribution is 2.25. The standard InChI is InChI=1S/C12H16O4/c1-4-12(2,11(14)15-3)16-10-7-5-6-9(13)8-10/h5-8,13H,4H2,1-3H3/t12-/m1/s1. The zero-order chi connectivity index (χ0) is 12.2. The number of methoxy groups -OCH3 is 1. The zero-order valence-electron chi connectivity index (χ0n) is 9.69. The van der Waals surface area contributed by atoms with Gasteiger partial charge < -0.3 is 14.6 Å². The molecule has 0 fully saturated rings. The summed E-state index contributed by atoms with van der Waals surface area (Å²) in [6.07, 6.45) is 0.481. The number of hydrogen-bond acceptors (Lipinski definition) is 4. The van der Waals surface area contributed by atoms with E-state index in [0.29, 0.717) is 12.2 Å². The quantitative estimate of drug-likeness (QED) is 0.796. The van der Waals surface area contributed by atoms with Gasteiger partial charge in [0.1, 0.15) is 11.5 Å². The fourth-order valence-electron chi connectivity index (χ4n) is 1.28. The monoisotopic (exact) mass is 224 g/mol. The molecule has 0 aromatic heterocycles. The first-order valence-electron chi connectivity index (χ1n) is 5.08. The van der Waals surface area contributed by atoms with Gasteiger partial charge in [0.2, 0.25) is 5.60 Å². The van der Waals surface area contributed by atoms with E-state index in [4.69, 9.17) is 4.74 Å². The van der Waals surface area contributed by atoms with Crippen molar-refractivity contribution in [2.24, 2.45) is 0 Å². The first-order chi connectivity index (χ1) is 7.51. The second-order valence-electron chi connectivity index (χ2n) is 3.68. The molecule has 0 aliphatic carbocycles. The zero-order valence-corrected chi connectivity index (χ0v) is 9.69. The van der Waals surface area contributed by atoms with Crippen LogP contribution in [0.15, 0.2) is 24.3 Å². The molecule has 0 amide bonds. The fourth-order valence-corrected chi connectivity index (χ4v) is 1.28. The predicted octanol–water partition coefficient (Wildman–Crippen LogP) is 2.11. The Morgan fingerprint density at radius 1 is 1.50 bits per heavy atom. The van der Waals surface area contributed by atoms with E-state index in [9.17, 15) is 9.90 Å². The molecule has 1 atom stereocenters. The summed E-state index contributed by atoms with van der Waals surface area (Å²) in [5, 5.41) is 9.28. The summed E-state index contributed by atoms with van der Waals surface area (Å²) in [5.74, 6) is 0.105. The van der Waals surface area contributed by atoms with Crippen LogP contribution in [0.2, 0.25) is 0 Å². The number of esters is 1. The molecule has 4 nitrogen and oxygen atoms in total. The van der Waals surface area contributed by atoms with Gasteiger partial charge in [0.25, 0.3) is 0 Å². The van der Waals surface area contributed by atoms with Gasteiger partial charge in [-0.3, -0.25) is 0 Å². The number of ether oxygens (including phenoxy) is 2. The Morgan fingerprint density at radius 3 is 2.69 bits per heavy atom. The third kappa shape index (κ3) is 2.66. The van der Waals surface area contributed by atoms with Crippen LogP contribution >= 0.6 is 0 Å². The molecular weight excluding hydrogens is 208 g/mol. The number of benzene rings is 1. The Balaban J connectivity index is 2.89. The van der Waals surface area contributed by atoms with Crippen molar-refractivity contribution in [3.63, 3.8) is 0 Å². The van der Waals surface area contributed by atoms with E-state index in [-0.39, 0.29) is 5.75 Å². The summed E-state index contributed by atoms with van der Waals surface area (Å²) in [4.78, 5) is 11.5. The SMILES string of the molecule is CC[C@@](C)(Oc1cccc(O)c1)C(=O)OC. The lowest BCUT2D eigenvalue weighted by Gasteiger charge is -2.26. The van der Waals surface area contributed by atoms with Crippen LogP contribution in [-0.4, -0.2) is 23.8 Å². The second-order valence-corrected chi connectivity index (χ2v) is 3.68. The van der Waals surface area contributed by atoms with E-state index < -0.39 is 11.6 Å². The smallest absolute Gasteiger partial charge is 0.349 e. The van der Waals surface area contributed by atoms with E-state index in [0.717, 1.165) is 0 Å². The highest BCUT2D eigenvalue weighted by Gasteiger charge is 2.34. The number of phenolic OH excluding ortho intramolecular Hbond substituents is 1. The van der Waals surface area contributed by atoms with Gasteiger partial charge in [-0.2, -0.15) is 0 Å². The van der Waals surface area contributed by atoms with Crippen molar-refractivity contribution in [1.82, 2.24) is 0 Å². The van der Waals surface area contributed by atoms with E-state index in [1.54, 1.807) is 19.1 Å². The van der Waals surface area contributed by atoms with E-state index in [1.165, 1.54) is 19.2 Å². The normalized spacial score (nSPS) is 13.9. The van der Waals surface area contributed by atoms with Gasteiger partial charge in [-0.15, -0.1) is 0 Å². The van der Waals surface area contributed by atoms with Crippen LogP contribution in [-0.2, 0) is 9.53 Å². The lowest BCUT2D eigenvalue weighted by atomic mass is 10.0. The minimum atomic E-state index is -1.03. The van der Waals surface area contributed by atoms with E-state index in [1.807, 2.05) is 6.92 Å². The highest BCUT2D eigenvalue weighted by atomic mass is 16.6. The Kier molecular flexibility index (Phi) is 3.77. The van der Waals surface area contributed by atoms with Crippen molar-refractivity contribution in [2.45, 2.75) is 25.9 Å². The number of phenols is 1. The van der Waals surface area contributed by atoms with Crippen molar-refractivity contribution in [3.05, 3.63) is 24.3 Å². The molecule has 0 saturated heterocycles. The number of carbonyl (C=O) groups is 1. The van der Waals surface area contributed by atoms with Crippen LogP contribution in [0.1, 0.15) is 20.3 Å². The van der Waals surface area contributed by atoms with Gasteiger partial charge in [-0.25, -0.2) is 4.79 Å². The van der Waals surface area contributed by atoms with Gasteiger partial charge in [0, 0.05) is 6.07 Å². The Morgan fingerprint density at radius 2 is 2.19 bits per heavy atom. The van der Waals surface area contributed by atoms with Crippen molar-refractivity contribution in [2.75, 3.05) is 7.11 Å². The summed E-state index contributed by atoms with van der Waals surface area (Å²) in [5.41, 5.74) is -1.03. The summed E-state index contributed by atoms with van der Waals surface area (Å²) >= 11 is 0. The Bertz CT molecular complexity index is 375. The van der Waals surface area contributed by atoms with Crippen LogP contribution < -0.4 is 4.74 Å². The molecule has 0 saturated carbocycles. The van der Waals surface area contributed by atoms with Gasteiger partial charge in [-0.05, 0) is 25.5 Å². The largest absolute Gasteiger partial charge is 0.508 e. The first kappa shape index (κ1) is 12.4. The van der Waals surface area contributed by atoms with Gasteiger partial charge in [-0.1, -0.05) is 13.0 Å². The summed E-state index contributed by atoms with van der Waals surface area (Å²) in [7, 11) is 1.32.